The zero-order valence-electron chi connectivity index (χ0n) is 17.3. The van der Waals surface area contributed by atoms with Crippen LogP contribution in [0.2, 0.25) is 5.02 Å². The van der Waals surface area contributed by atoms with Gasteiger partial charge in [0.1, 0.15) is 5.82 Å². The number of likely N-dealkylation sites (tertiary alicyclic amines) is 1. The fraction of sp³-hybridized carbons (Fsp3) is 0.435. The lowest BCUT2D eigenvalue weighted by Gasteiger charge is -2.34. The SMILES string of the molecule is Cc1cc2[nH]c(C3CCCCN3Cc3cc(C)c(C)c(C(F)(F)F)c3)nc2cc1Cl. The first kappa shape index (κ1) is 21.2. The highest BCUT2D eigenvalue weighted by Gasteiger charge is 2.34. The van der Waals surface area contributed by atoms with Crippen LogP contribution in [-0.2, 0) is 12.7 Å². The topological polar surface area (TPSA) is 31.9 Å². The molecule has 0 bridgehead atoms. The van der Waals surface area contributed by atoms with Crippen LogP contribution in [0.15, 0.2) is 24.3 Å². The van der Waals surface area contributed by atoms with E-state index in [1.807, 2.05) is 25.1 Å². The number of aromatic nitrogens is 2. The minimum absolute atomic E-state index is 0.0428. The highest BCUT2D eigenvalue weighted by molar-refractivity contribution is 6.32. The van der Waals surface area contributed by atoms with Gasteiger partial charge in [-0.25, -0.2) is 4.98 Å². The fourth-order valence-electron chi connectivity index (χ4n) is 4.36. The van der Waals surface area contributed by atoms with Crippen LogP contribution in [0.25, 0.3) is 11.0 Å². The molecular weight excluding hydrogens is 411 g/mol. The van der Waals surface area contributed by atoms with Gasteiger partial charge >= 0.3 is 6.18 Å². The van der Waals surface area contributed by atoms with Crippen molar-refractivity contribution < 1.29 is 13.2 Å². The molecule has 1 aliphatic heterocycles. The molecule has 2 aromatic carbocycles. The maximum atomic E-state index is 13.5. The van der Waals surface area contributed by atoms with Gasteiger partial charge in [-0.05, 0) is 80.6 Å². The van der Waals surface area contributed by atoms with Crippen molar-refractivity contribution >= 4 is 22.6 Å². The number of nitrogens with zero attached hydrogens (tertiary/aromatic N) is 2. The molecular formula is C23H25ClF3N3. The van der Waals surface area contributed by atoms with Crippen molar-refractivity contribution in [3.05, 3.63) is 62.9 Å². The lowest BCUT2D eigenvalue weighted by molar-refractivity contribution is -0.138. The van der Waals surface area contributed by atoms with Crippen LogP contribution < -0.4 is 0 Å². The van der Waals surface area contributed by atoms with Crippen LogP contribution in [0, 0.1) is 20.8 Å². The van der Waals surface area contributed by atoms with Crippen molar-refractivity contribution in [2.75, 3.05) is 6.54 Å². The van der Waals surface area contributed by atoms with E-state index in [2.05, 4.69) is 9.88 Å². The summed E-state index contributed by atoms with van der Waals surface area (Å²) in [7, 11) is 0. The van der Waals surface area contributed by atoms with Crippen molar-refractivity contribution in [1.29, 1.82) is 0 Å². The molecule has 1 fully saturated rings. The number of benzene rings is 2. The second-order valence-corrected chi connectivity index (χ2v) is 8.71. The molecule has 1 aliphatic rings. The molecule has 30 heavy (non-hydrogen) atoms. The number of nitrogens with one attached hydrogen (secondary N) is 1. The molecule has 7 heteroatoms. The van der Waals surface area contributed by atoms with E-state index in [0.29, 0.717) is 28.3 Å². The number of hydrogen-bond acceptors (Lipinski definition) is 2. The zero-order chi connectivity index (χ0) is 21.6. The van der Waals surface area contributed by atoms with Gasteiger partial charge in [0.2, 0.25) is 0 Å². The number of hydrogen-bond donors (Lipinski definition) is 1. The predicted octanol–water partition coefficient (Wildman–Crippen LogP) is 6.89. The summed E-state index contributed by atoms with van der Waals surface area (Å²) in [5.74, 6) is 0.853. The third-order valence-electron chi connectivity index (χ3n) is 6.13. The molecule has 0 spiro atoms. The Kier molecular flexibility index (Phi) is 5.58. The van der Waals surface area contributed by atoms with Crippen LogP contribution in [0.1, 0.15) is 58.9 Å². The third kappa shape index (κ3) is 4.08. The minimum atomic E-state index is -4.35. The van der Waals surface area contributed by atoms with Crippen LogP contribution in [0.4, 0.5) is 13.2 Å². The van der Waals surface area contributed by atoms with Gasteiger partial charge in [0, 0.05) is 11.6 Å². The van der Waals surface area contributed by atoms with Gasteiger partial charge in [-0.2, -0.15) is 13.2 Å². The van der Waals surface area contributed by atoms with Gasteiger partial charge in [-0.15, -0.1) is 0 Å². The highest BCUT2D eigenvalue weighted by atomic mass is 35.5. The van der Waals surface area contributed by atoms with E-state index in [0.717, 1.165) is 48.2 Å². The van der Waals surface area contributed by atoms with Crippen molar-refractivity contribution in [2.45, 2.75) is 58.8 Å². The number of piperidine rings is 1. The summed E-state index contributed by atoms with van der Waals surface area (Å²) < 4.78 is 40.4. The van der Waals surface area contributed by atoms with E-state index in [-0.39, 0.29) is 6.04 Å². The van der Waals surface area contributed by atoms with Crippen LogP contribution in [-0.4, -0.2) is 21.4 Å². The number of H-pyrrole nitrogens is 1. The second-order valence-electron chi connectivity index (χ2n) is 8.31. The van der Waals surface area contributed by atoms with Crippen LogP contribution >= 0.6 is 11.6 Å². The van der Waals surface area contributed by atoms with Gasteiger partial charge in [-0.1, -0.05) is 24.1 Å². The average molecular weight is 436 g/mol. The molecule has 1 saturated heterocycles. The fourth-order valence-corrected chi connectivity index (χ4v) is 4.52. The standard InChI is InChI=1S/C23H25ClF3N3/c1-13-8-16(10-17(15(13)3)23(25,26)27)12-30-7-5-4-6-21(30)22-28-19-9-14(2)18(24)11-20(19)29-22/h8-11,21H,4-7,12H2,1-3H3,(H,28,29). The van der Waals surface area contributed by atoms with E-state index in [1.54, 1.807) is 6.92 Å². The largest absolute Gasteiger partial charge is 0.416 e. The quantitative estimate of drug-likeness (QED) is 0.485. The number of halogens is 4. The van der Waals surface area contributed by atoms with Crippen molar-refractivity contribution in [2.24, 2.45) is 0 Å². The molecule has 4 rings (SSSR count). The first-order chi connectivity index (χ1) is 14.1. The summed E-state index contributed by atoms with van der Waals surface area (Å²) >= 11 is 6.24. The maximum Gasteiger partial charge on any atom is 0.416 e. The van der Waals surface area contributed by atoms with Crippen LogP contribution in [0.3, 0.4) is 0 Å². The Bertz CT molecular complexity index is 1050. The monoisotopic (exact) mass is 435 g/mol. The van der Waals surface area contributed by atoms with Gasteiger partial charge in [0.25, 0.3) is 0 Å². The minimum Gasteiger partial charge on any atom is -0.341 e. The Hall–Kier alpha value is -2.05. The Labute approximate surface area is 179 Å². The van der Waals surface area contributed by atoms with Gasteiger partial charge in [-0.3, -0.25) is 4.90 Å². The lowest BCUT2D eigenvalue weighted by atomic mass is 9.96. The molecule has 0 saturated carbocycles. The Morgan fingerprint density at radius 3 is 2.60 bits per heavy atom. The molecule has 3 nitrogen and oxygen atoms in total. The zero-order valence-corrected chi connectivity index (χ0v) is 18.1. The predicted molar refractivity (Wildman–Crippen MR) is 114 cm³/mol. The molecule has 0 amide bonds. The number of aromatic amines is 1. The summed E-state index contributed by atoms with van der Waals surface area (Å²) in [6.45, 7) is 6.52. The average Bonchev–Trinajstić information content (AvgIpc) is 3.07. The Morgan fingerprint density at radius 2 is 1.87 bits per heavy atom. The lowest BCUT2D eigenvalue weighted by Crippen LogP contribution is -2.33. The molecule has 1 N–H and O–H groups in total. The number of aryl methyl sites for hydroxylation is 2. The van der Waals surface area contributed by atoms with E-state index >= 15 is 0 Å². The van der Waals surface area contributed by atoms with E-state index < -0.39 is 11.7 Å². The van der Waals surface area contributed by atoms with Crippen molar-refractivity contribution in [3.8, 4) is 0 Å². The molecule has 2 heterocycles. The number of rotatable bonds is 3. The second kappa shape index (κ2) is 7.89. The number of alkyl halides is 3. The molecule has 0 radical (unpaired) electrons. The van der Waals surface area contributed by atoms with Gasteiger partial charge < -0.3 is 4.98 Å². The summed E-state index contributed by atoms with van der Waals surface area (Å²) in [6, 6.07) is 7.06. The molecule has 1 aromatic heterocycles. The van der Waals surface area contributed by atoms with E-state index in [1.165, 1.54) is 13.0 Å². The van der Waals surface area contributed by atoms with E-state index in [9.17, 15) is 13.2 Å². The normalized spacial score (nSPS) is 18.3. The number of fused-ring (bicyclic) bond motifs is 1. The summed E-state index contributed by atoms with van der Waals surface area (Å²) in [4.78, 5) is 10.4. The van der Waals surface area contributed by atoms with Gasteiger partial charge in [0.15, 0.2) is 0 Å². The Balaban J connectivity index is 1.66. The first-order valence-corrected chi connectivity index (χ1v) is 10.6. The molecule has 0 aliphatic carbocycles. The third-order valence-corrected chi connectivity index (χ3v) is 6.54. The Morgan fingerprint density at radius 1 is 1.10 bits per heavy atom. The smallest absolute Gasteiger partial charge is 0.341 e. The number of imidazole rings is 1. The summed E-state index contributed by atoms with van der Waals surface area (Å²) in [5.41, 5.74) is 3.84. The van der Waals surface area contributed by atoms with E-state index in [4.69, 9.17) is 16.6 Å². The van der Waals surface area contributed by atoms with Crippen molar-refractivity contribution in [3.63, 3.8) is 0 Å². The molecule has 1 unspecified atom stereocenters. The summed E-state index contributed by atoms with van der Waals surface area (Å²) in [5, 5.41) is 0.677. The molecule has 160 valence electrons. The molecule has 3 aromatic rings. The van der Waals surface area contributed by atoms with Crippen molar-refractivity contribution in [1.82, 2.24) is 14.9 Å². The first-order valence-electron chi connectivity index (χ1n) is 10.2. The highest BCUT2D eigenvalue weighted by Crippen LogP contribution is 2.36. The summed E-state index contributed by atoms with van der Waals surface area (Å²) in [6.07, 6.45) is -1.33. The van der Waals surface area contributed by atoms with Crippen LogP contribution in [0.5, 0.6) is 0 Å². The molecule has 1 atom stereocenters. The van der Waals surface area contributed by atoms with Gasteiger partial charge in [0.05, 0.1) is 22.6 Å². The maximum absolute atomic E-state index is 13.5.